The second-order valence-electron chi connectivity index (χ2n) is 7.20. The highest BCUT2D eigenvalue weighted by atomic mass is 16.3. The molecule has 8 heteroatoms. The molecule has 148 valence electrons. The Morgan fingerprint density at radius 1 is 1.57 bits per heavy atom. The van der Waals surface area contributed by atoms with Gasteiger partial charge in [-0.15, -0.1) is 0 Å². The zero-order valence-electron chi connectivity index (χ0n) is 16.2. The average molecular weight is 382 g/mol. The van der Waals surface area contributed by atoms with Crippen LogP contribution in [0.3, 0.4) is 0 Å². The fourth-order valence-electron chi connectivity index (χ4n) is 3.80. The molecule has 2 aromatic rings. The maximum absolute atomic E-state index is 12.5. The molecule has 2 aromatic heterocycles. The van der Waals surface area contributed by atoms with Crippen LogP contribution < -0.4 is 4.90 Å². The summed E-state index contributed by atoms with van der Waals surface area (Å²) >= 11 is 0. The van der Waals surface area contributed by atoms with Crippen molar-refractivity contribution in [1.82, 2.24) is 19.9 Å². The van der Waals surface area contributed by atoms with E-state index in [0.717, 1.165) is 24.0 Å². The van der Waals surface area contributed by atoms with Gasteiger partial charge < -0.3 is 15.0 Å². The molecule has 1 fully saturated rings. The molecule has 1 aliphatic rings. The van der Waals surface area contributed by atoms with Gasteiger partial charge in [0.2, 0.25) is 0 Å². The van der Waals surface area contributed by atoms with E-state index in [-0.39, 0.29) is 24.8 Å². The van der Waals surface area contributed by atoms with E-state index >= 15 is 0 Å². The molecule has 0 bridgehead atoms. The molecule has 0 amide bonds. The summed E-state index contributed by atoms with van der Waals surface area (Å²) in [4.78, 5) is 28.3. The summed E-state index contributed by atoms with van der Waals surface area (Å²) in [5.41, 5.74) is 0.721. The number of allylic oxidation sites excluding steroid dienone is 1. The van der Waals surface area contributed by atoms with Crippen LogP contribution in [-0.4, -0.2) is 62.6 Å². The lowest BCUT2D eigenvalue weighted by atomic mass is 9.91. The van der Waals surface area contributed by atoms with E-state index in [1.165, 1.54) is 6.33 Å². The number of aliphatic hydroxyl groups is 1. The molecular formula is C20H26N6O2. The molecule has 3 atom stereocenters. The third-order valence-corrected chi connectivity index (χ3v) is 5.33. The highest BCUT2D eigenvalue weighted by Gasteiger charge is 2.35. The lowest BCUT2D eigenvalue weighted by Gasteiger charge is -2.44. The first kappa shape index (κ1) is 20.0. The molecule has 0 radical (unpaired) electrons. The monoisotopic (exact) mass is 382 g/mol. The maximum atomic E-state index is 12.5. The number of nitrogens with zero attached hydrogens (tertiary/aromatic N) is 5. The molecule has 3 unspecified atom stereocenters. The van der Waals surface area contributed by atoms with Gasteiger partial charge in [-0.25, -0.2) is 9.97 Å². The number of aromatic amines is 1. The SMILES string of the molecule is CC=CC(=O)CN(c1ncnc2[nH]ccc12)C1CN(C(O)CC#N)CCC1C. The van der Waals surface area contributed by atoms with E-state index < -0.39 is 6.23 Å². The summed E-state index contributed by atoms with van der Waals surface area (Å²) in [6, 6.07) is 3.91. The van der Waals surface area contributed by atoms with Crippen molar-refractivity contribution in [3.05, 3.63) is 30.7 Å². The molecule has 0 saturated carbocycles. The minimum Gasteiger partial charge on any atom is -0.377 e. The molecule has 0 aromatic carbocycles. The molecule has 28 heavy (non-hydrogen) atoms. The van der Waals surface area contributed by atoms with Crippen LogP contribution in [0.2, 0.25) is 0 Å². The number of aliphatic hydroxyl groups excluding tert-OH is 1. The maximum Gasteiger partial charge on any atom is 0.174 e. The first-order chi connectivity index (χ1) is 13.5. The highest BCUT2D eigenvalue weighted by Crippen LogP contribution is 2.30. The minimum absolute atomic E-state index is 0.00769. The number of H-pyrrole nitrogens is 1. The number of hydrogen-bond acceptors (Lipinski definition) is 7. The van der Waals surface area contributed by atoms with Crippen LogP contribution in [0.25, 0.3) is 11.0 Å². The van der Waals surface area contributed by atoms with Gasteiger partial charge in [0.15, 0.2) is 5.78 Å². The molecule has 2 N–H and O–H groups in total. The Morgan fingerprint density at radius 2 is 2.39 bits per heavy atom. The lowest BCUT2D eigenvalue weighted by molar-refractivity contribution is -0.113. The van der Waals surface area contributed by atoms with Gasteiger partial charge in [-0.2, -0.15) is 5.26 Å². The molecule has 0 aliphatic carbocycles. The number of piperidine rings is 1. The molecule has 1 saturated heterocycles. The molecule has 8 nitrogen and oxygen atoms in total. The number of aromatic nitrogens is 3. The Kier molecular flexibility index (Phi) is 6.39. The summed E-state index contributed by atoms with van der Waals surface area (Å²) in [5.74, 6) is 0.997. The molecule has 1 aliphatic heterocycles. The van der Waals surface area contributed by atoms with Crippen LogP contribution in [0, 0.1) is 17.2 Å². The summed E-state index contributed by atoms with van der Waals surface area (Å²) in [7, 11) is 0. The van der Waals surface area contributed by atoms with Crippen LogP contribution in [0.4, 0.5) is 5.82 Å². The first-order valence-corrected chi connectivity index (χ1v) is 9.54. The molecular weight excluding hydrogens is 356 g/mol. The Balaban J connectivity index is 1.96. The van der Waals surface area contributed by atoms with E-state index in [1.54, 1.807) is 12.2 Å². The van der Waals surface area contributed by atoms with Crippen molar-refractivity contribution in [2.24, 2.45) is 5.92 Å². The van der Waals surface area contributed by atoms with E-state index in [0.29, 0.717) is 18.3 Å². The molecule has 3 heterocycles. The number of carbonyl (C=O) groups excluding carboxylic acids is 1. The zero-order valence-corrected chi connectivity index (χ0v) is 16.2. The number of likely N-dealkylation sites (tertiary alicyclic amines) is 1. The Hall–Kier alpha value is -2.76. The van der Waals surface area contributed by atoms with Crippen LogP contribution in [0.1, 0.15) is 26.7 Å². The number of nitriles is 1. The normalized spacial score (nSPS) is 21.6. The Bertz CT molecular complexity index is 886. The predicted octanol–water partition coefficient (Wildman–Crippen LogP) is 1.85. The van der Waals surface area contributed by atoms with Crippen molar-refractivity contribution in [2.75, 3.05) is 24.5 Å². The fourth-order valence-corrected chi connectivity index (χ4v) is 3.80. The second kappa shape index (κ2) is 8.95. The van der Waals surface area contributed by atoms with E-state index in [2.05, 4.69) is 21.9 Å². The van der Waals surface area contributed by atoms with Gasteiger partial charge in [0.1, 0.15) is 24.0 Å². The van der Waals surface area contributed by atoms with Gasteiger partial charge in [-0.1, -0.05) is 13.0 Å². The molecule has 0 spiro atoms. The largest absolute Gasteiger partial charge is 0.377 e. The van der Waals surface area contributed by atoms with Crippen LogP contribution >= 0.6 is 0 Å². The van der Waals surface area contributed by atoms with Crippen LogP contribution in [0.5, 0.6) is 0 Å². The number of hydrogen-bond donors (Lipinski definition) is 2. The number of rotatable bonds is 7. The average Bonchev–Trinajstić information content (AvgIpc) is 3.16. The van der Waals surface area contributed by atoms with Gasteiger partial charge in [-0.05, 0) is 31.4 Å². The van der Waals surface area contributed by atoms with Crippen LogP contribution in [0.15, 0.2) is 30.7 Å². The third-order valence-electron chi connectivity index (χ3n) is 5.33. The lowest BCUT2D eigenvalue weighted by Crippen LogP contribution is -2.56. The summed E-state index contributed by atoms with van der Waals surface area (Å²) in [5, 5.41) is 20.1. The number of anilines is 1. The third kappa shape index (κ3) is 4.21. The quantitative estimate of drug-likeness (QED) is 0.703. The number of carbonyl (C=O) groups is 1. The Morgan fingerprint density at radius 3 is 3.14 bits per heavy atom. The molecule has 3 rings (SSSR count). The van der Waals surface area contributed by atoms with E-state index in [1.807, 2.05) is 35.1 Å². The van der Waals surface area contributed by atoms with Gasteiger partial charge in [0.25, 0.3) is 0 Å². The Labute approximate surface area is 164 Å². The van der Waals surface area contributed by atoms with Gasteiger partial charge in [0, 0.05) is 25.3 Å². The van der Waals surface area contributed by atoms with E-state index in [4.69, 9.17) is 5.26 Å². The minimum atomic E-state index is -0.800. The van der Waals surface area contributed by atoms with E-state index in [9.17, 15) is 9.90 Å². The van der Waals surface area contributed by atoms with Crippen molar-refractivity contribution < 1.29 is 9.90 Å². The fraction of sp³-hybridized carbons (Fsp3) is 0.500. The summed E-state index contributed by atoms with van der Waals surface area (Å²) in [6.07, 6.45) is 6.74. The van der Waals surface area contributed by atoms with Crippen molar-refractivity contribution in [2.45, 2.75) is 39.0 Å². The predicted molar refractivity (Wildman–Crippen MR) is 106 cm³/mol. The summed E-state index contributed by atoms with van der Waals surface area (Å²) < 4.78 is 0. The van der Waals surface area contributed by atoms with Crippen LogP contribution in [-0.2, 0) is 4.79 Å². The smallest absolute Gasteiger partial charge is 0.174 e. The summed E-state index contributed by atoms with van der Waals surface area (Å²) in [6.45, 7) is 5.45. The second-order valence-corrected chi connectivity index (χ2v) is 7.20. The van der Waals surface area contributed by atoms with Crippen molar-refractivity contribution in [3.63, 3.8) is 0 Å². The topological polar surface area (TPSA) is 109 Å². The van der Waals surface area contributed by atoms with Crippen molar-refractivity contribution in [1.29, 1.82) is 5.26 Å². The number of ketones is 1. The van der Waals surface area contributed by atoms with Gasteiger partial charge in [-0.3, -0.25) is 9.69 Å². The van der Waals surface area contributed by atoms with Gasteiger partial charge in [0.05, 0.1) is 24.4 Å². The number of fused-ring (bicyclic) bond motifs is 1. The number of nitrogens with one attached hydrogen (secondary N) is 1. The van der Waals surface area contributed by atoms with Crippen molar-refractivity contribution >= 4 is 22.6 Å². The van der Waals surface area contributed by atoms with Crippen molar-refractivity contribution in [3.8, 4) is 6.07 Å². The van der Waals surface area contributed by atoms with Gasteiger partial charge >= 0.3 is 0 Å². The first-order valence-electron chi connectivity index (χ1n) is 9.54. The highest BCUT2D eigenvalue weighted by molar-refractivity contribution is 5.95. The standard InChI is InChI=1S/C20H26N6O2/c1-3-4-15(27)11-26(20-16-6-9-22-19(16)23-13-24-20)17-12-25(10-7-14(17)2)18(28)5-8-21/h3-4,6,9,13-14,17-18,28H,5,7,10-12H2,1-2H3,(H,22,23,24). The zero-order chi connectivity index (χ0) is 20.1.